The van der Waals surface area contributed by atoms with E-state index < -0.39 is 11.6 Å². The van der Waals surface area contributed by atoms with Crippen molar-refractivity contribution in [1.82, 2.24) is 15.2 Å². The molecule has 166 valence electrons. The summed E-state index contributed by atoms with van der Waals surface area (Å²) in [7, 11) is 6.00. The fourth-order valence-electron chi connectivity index (χ4n) is 3.99. The number of carbonyl (C=O) groups is 1. The van der Waals surface area contributed by atoms with Crippen molar-refractivity contribution >= 4 is 17.2 Å². The molecule has 7 heteroatoms. The van der Waals surface area contributed by atoms with Crippen molar-refractivity contribution in [2.75, 3.05) is 34.2 Å². The first-order valence-electron chi connectivity index (χ1n) is 10.3. The maximum Gasteiger partial charge on any atom is 0.150 e. The van der Waals surface area contributed by atoms with E-state index in [0.29, 0.717) is 23.5 Å². The smallest absolute Gasteiger partial charge is 0.150 e. The lowest BCUT2D eigenvalue weighted by atomic mass is 9.70. The second-order valence-electron chi connectivity index (χ2n) is 8.43. The molecule has 0 bridgehead atoms. The molecule has 0 amide bonds. The van der Waals surface area contributed by atoms with Crippen molar-refractivity contribution < 1.29 is 18.0 Å². The third-order valence-corrected chi connectivity index (χ3v) is 5.30. The van der Waals surface area contributed by atoms with E-state index in [0.717, 1.165) is 42.9 Å². The van der Waals surface area contributed by atoms with Gasteiger partial charge < -0.3 is 20.0 Å². The van der Waals surface area contributed by atoms with Crippen molar-refractivity contribution in [3.05, 3.63) is 59.4 Å². The van der Waals surface area contributed by atoms with Crippen LogP contribution in [0.15, 0.2) is 36.4 Å². The molecule has 2 N–H and O–H groups in total. The predicted molar refractivity (Wildman–Crippen MR) is 118 cm³/mol. The van der Waals surface area contributed by atoms with E-state index in [2.05, 4.69) is 10.3 Å². The monoisotopic (exact) mass is 431 g/mol. The largest absolute Gasteiger partial charge is 0.352 e. The van der Waals surface area contributed by atoms with Crippen molar-refractivity contribution in [2.45, 2.75) is 18.8 Å². The van der Waals surface area contributed by atoms with Crippen molar-refractivity contribution in [3.63, 3.8) is 0 Å². The number of hydrogen-bond donors (Lipinski definition) is 2. The molecule has 31 heavy (non-hydrogen) atoms. The number of nitrogens with one attached hydrogen (secondary N) is 2. The van der Waals surface area contributed by atoms with Crippen LogP contribution in [0.2, 0.25) is 0 Å². The van der Waals surface area contributed by atoms with E-state index in [-0.39, 0.29) is 17.3 Å². The van der Waals surface area contributed by atoms with Crippen LogP contribution in [-0.4, -0.2) is 50.4 Å². The van der Waals surface area contributed by atoms with E-state index in [1.807, 2.05) is 26.0 Å². The fraction of sp³-hybridized carbons (Fsp3) is 0.375. The Morgan fingerprint density at radius 3 is 2.32 bits per heavy atom. The Kier molecular flexibility index (Phi) is 7.51. The van der Waals surface area contributed by atoms with Crippen LogP contribution in [0.3, 0.4) is 0 Å². The number of H-pyrrole nitrogens is 1. The van der Waals surface area contributed by atoms with Crippen LogP contribution in [0.1, 0.15) is 24.3 Å². The second-order valence-corrected chi connectivity index (χ2v) is 8.43. The normalized spacial score (nSPS) is 17.9. The molecule has 0 saturated heterocycles. The average molecular weight is 432 g/mol. The van der Waals surface area contributed by atoms with Gasteiger partial charge in [0.05, 0.1) is 17.8 Å². The highest BCUT2D eigenvalue weighted by molar-refractivity contribution is 5.92. The van der Waals surface area contributed by atoms with Gasteiger partial charge in [0.2, 0.25) is 0 Å². The Hall–Kier alpha value is -2.64. The summed E-state index contributed by atoms with van der Waals surface area (Å²) in [6.07, 6.45) is 2.56. The summed E-state index contributed by atoms with van der Waals surface area (Å²) in [5.41, 5.74) is 2.60. The molecule has 0 unspecified atom stereocenters. The Balaban J connectivity index is 0.000000628. The summed E-state index contributed by atoms with van der Waals surface area (Å²) in [6, 6.07) is 8.21. The molecule has 1 saturated carbocycles. The number of carbonyl (C=O) groups excluding carboxylic acids is 1. The van der Waals surface area contributed by atoms with Crippen molar-refractivity contribution in [3.8, 4) is 11.3 Å². The van der Waals surface area contributed by atoms with Gasteiger partial charge in [0.15, 0.2) is 0 Å². The molecule has 1 aliphatic rings. The van der Waals surface area contributed by atoms with Crippen molar-refractivity contribution in [1.29, 1.82) is 0 Å². The SMILES string of the molecule is CN(C)C.O=CCNCC1CC(c2c(-c3ccc(F)cc3)[nH]c3c(F)cc(F)cc23)C1. The molecule has 0 radical (unpaired) electrons. The summed E-state index contributed by atoms with van der Waals surface area (Å²) in [4.78, 5) is 15.5. The Bertz CT molecular complexity index is 1020. The summed E-state index contributed by atoms with van der Waals surface area (Å²) in [6.45, 7) is 1.07. The van der Waals surface area contributed by atoms with Crippen LogP contribution in [0.5, 0.6) is 0 Å². The first-order chi connectivity index (χ1) is 14.8. The molecular formula is C24H28F3N3O. The van der Waals surface area contributed by atoms with Crippen LogP contribution < -0.4 is 5.32 Å². The molecule has 2 aromatic carbocycles. The zero-order valence-corrected chi connectivity index (χ0v) is 18.0. The van der Waals surface area contributed by atoms with E-state index in [1.165, 1.54) is 18.2 Å². The lowest BCUT2D eigenvalue weighted by Crippen LogP contribution is -2.33. The van der Waals surface area contributed by atoms with Gasteiger partial charge in [-0.25, -0.2) is 13.2 Å². The minimum atomic E-state index is -0.636. The molecule has 4 nitrogen and oxygen atoms in total. The van der Waals surface area contributed by atoms with Gasteiger partial charge in [-0.3, -0.25) is 0 Å². The van der Waals surface area contributed by atoms with Crippen LogP contribution in [0.25, 0.3) is 22.2 Å². The number of nitrogens with zero attached hydrogens (tertiary/aromatic N) is 1. The quantitative estimate of drug-likeness (QED) is 0.439. The first kappa shape index (κ1) is 23.0. The van der Waals surface area contributed by atoms with Gasteiger partial charge in [0.1, 0.15) is 23.7 Å². The minimum absolute atomic E-state index is 0.156. The van der Waals surface area contributed by atoms with Crippen LogP contribution >= 0.6 is 0 Å². The maximum atomic E-state index is 14.3. The zero-order chi connectivity index (χ0) is 22.5. The minimum Gasteiger partial charge on any atom is -0.352 e. The van der Waals surface area contributed by atoms with Crippen LogP contribution in [-0.2, 0) is 4.79 Å². The molecule has 1 heterocycles. The van der Waals surface area contributed by atoms with E-state index in [4.69, 9.17) is 0 Å². The lowest BCUT2D eigenvalue weighted by Gasteiger charge is -2.36. The highest BCUT2D eigenvalue weighted by Gasteiger charge is 2.34. The highest BCUT2D eigenvalue weighted by atomic mass is 19.1. The van der Waals surface area contributed by atoms with Gasteiger partial charge in [-0.2, -0.15) is 0 Å². The molecule has 3 aromatic rings. The number of hydrogen-bond acceptors (Lipinski definition) is 3. The van der Waals surface area contributed by atoms with Gasteiger partial charge in [-0.05, 0) is 93.8 Å². The standard InChI is InChI=1S/C21H19F3N2O.C3H9N/c22-15-3-1-13(2-4-15)20-19(14-7-12(8-14)11-25-5-6-27)17-9-16(23)10-18(24)21(17)26-20;1-4(2)3/h1-4,6,9-10,12,14,25-26H,5,7-8,11H2;1-3H3. The Morgan fingerprint density at radius 1 is 1.06 bits per heavy atom. The molecule has 1 aliphatic carbocycles. The first-order valence-corrected chi connectivity index (χ1v) is 10.3. The molecule has 0 atom stereocenters. The van der Waals surface area contributed by atoms with Gasteiger partial charge in [0.25, 0.3) is 0 Å². The molecular weight excluding hydrogens is 403 g/mol. The highest BCUT2D eigenvalue weighted by Crippen LogP contribution is 2.48. The zero-order valence-electron chi connectivity index (χ0n) is 18.0. The van der Waals surface area contributed by atoms with Gasteiger partial charge in [0, 0.05) is 11.5 Å². The average Bonchev–Trinajstić information content (AvgIpc) is 3.03. The lowest BCUT2D eigenvalue weighted by molar-refractivity contribution is -0.107. The van der Waals surface area contributed by atoms with Gasteiger partial charge in [-0.1, -0.05) is 0 Å². The van der Waals surface area contributed by atoms with Gasteiger partial charge >= 0.3 is 0 Å². The number of benzene rings is 2. The molecule has 0 aliphatic heterocycles. The molecule has 1 aromatic heterocycles. The van der Waals surface area contributed by atoms with E-state index >= 15 is 0 Å². The fourth-order valence-corrected chi connectivity index (χ4v) is 3.99. The van der Waals surface area contributed by atoms with E-state index in [9.17, 15) is 18.0 Å². The number of aromatic amines is 1. The summed E-state index contributed by atoms with van der Waals surface area (Å²) in [5, 5.41) is 3.61. The third-order valence-electron chi connectivity index (χ3n) is 5.30. The van der Waals surface area contributed by atoms with E-state index in [1.54, 1.807) is 12.1 Å². The van der Waals surface area contributed by atoms with Gasteiger partial charge in [-0.15, -0.1) is 0 Å². The Labute approximate surface area is 180 Å². The summed E-state index contributed by atoms with van der Waals surface area (Å²) < 4.78 is 41.5. The third kappa shape index (κ3) is 5.54. The van der Waals surface area contributed by atoms with Crippen LogP contribution in [0, 0.1) is 23.4 Å². The predicted octanol–water partition coefficient (Wildman–Crippen LogP) is 4.71. The number of halogens is 3. The second kappa shape index (κ2) is 10.1. The summed E-state index contributed by atoms with van der Waals surface area (Å²) >= 11 is 0. The molecule has 4 rings (SSSR count). The van der Waals surface area contributed by atoms with Crippen molar-refractivity contribution in [2.24, 2.45) is 5.92 Å². The number of aldehydes is 1. The molecule has 0 spiro atoms. The maximum absolute atomic E-state index is 14.3. The number of fused-ring (bicyclic) bond motifs is 1. The number of aromatic nitrogens is 1. The van der Waals surface area contributed by atoms with Crippen LogP contribution in [0.4, 0.5) is 13.2 Å². The molecule has 1 fully saturated rings. The Morgan fingerprint density at radius 2 is 1.71 bits per heavy atom. The number of rotatable bonds is 6. The topological polar surface area (TPSA) is 48.1 Å². The summed E-state index contributed by atoms with van der Waals surface area (Å²) in [5.74, 6) is -1.03.